The van der Waals surface area contributed by atoms with E-state index in [1.165, 1.54) is 32.9 Å². The van der Waals surface area contributed by atoms with Crippen LogP contribution in [0.25, 0.3) is 0 Å². The Hall–Kier alpha value is -3.86. The summed E-state index contributed by atoms with van der Waals surface area (Å²) in [5.41, 5.74) is -8.28. The Kier molecular flexibility index (Phi) is 12.7. The van der Waals surface area contributed by atoms with Gasteiger partial charge in [0, 0.05) is 32.1 Å². The number of allylic oxidation sites excluding steroid dienone is 1. The Labute approximate surface area is 339 Å². The van der Waals surface area contributed by atoms with Gasteiger partial charge in [0.05, 0.1) is 36.0 Å². The molecule has 324 valence electrons. The van der Waals surface area contributed by atoms with E-state index in [2.05, 4.69) is 5.32 Å². The van der Waals surface area contributed by atoms with Crippen LogP contribution in [0.1, 0.15) is 114 Å². The van der Waals surface area contributed by atoms with Crippen molar-refractivity contribution in [2.45, 2.75) is 174 Å². The molecule has 0 radical (unpaired) electrons. The van der Waals surface area contributed by atoms with Crippen molar-refractivity contribution < 1.29 is 72.5 Å². The van der Waals surface area contributed by atoms with Crippen molar-refractivity contribution in [3.05, 3.63) is 23.3 Å². The Balaban J connectivity index is 1.71. The predicted molar refractivity (Wildman–Crippen MR) is 203 cm³/mol. The van der Waals surface area contributed by atoms with E-state index in [0.29, 0.717) is 12.8 Å². The lowest BCUT2D eigenvalue weighted by molar-refractivity contribution is -0.347. The summed E-state index contributed by atoms with van der Waals surface area (Å²) in [5, 5.41) is 39.4. The second-order valence-corrected chi connectivity index (χ2v) is 18.3. The number of rotatable bonds is 9. The molecule has 0 aromatic rings. The highest BCUT2D eigenvalue weighted by Crippen LogP contribution is 2.64. The number of ether oxygens (including phenoxy) is 6. The van der Waals surface area contributed by atoms with Gasteiger partial charge in [0.2, 0.25) is 0 Å². The molecule has 1 amide bonds. The third kappa shape index (κ3) is 7.93. The zero-order chi connectivity index (χ0) is 43.3. The Bertz CT molecular complexity index is 1720. The fourth-order valence-electron chi connectivity index (χ4n) is 10.1. The summed E-state index contributed by atoms with van der Waals surface area (Å²) >= 11 is 0. The van der Waals surface area contributed by atoms with Crippen LogP contribution < -0.4 is 5.32 Å². The number of Topliss-reactive ketones (excluding diaryl/α,β-unsaturated/α-hetero) is 1. The second kappa shape index (κ2) is 16.3. The highest BCUT2D eigenvalue weighted by Gasteiger charge is 2.78. The molecular formula is C42H61NO15. The van der Waals surface area contributed by atoms with Crippen molar-refractivity contribution in [3.63, 3.8) is 0 Å². The van der Waals surface area contributed by atoms with Gasteiger partial charge in [0.1, 0.15) is 29.5 Å². The largest absolute Gasteiger partial charge is 0.459 e. The maximum atomic E-state index is 15.4. The third-order valence-corrected chi connectivity index (χ3v) is 13.0. The van der Waals surface area contributed by atoms with Crippen LogP contribution in [0.5, 0.6) is 0 Å². The quantitative estimate of drug-likeness (QED) is 0.149. The number of carbonyl (C=O) groups excluding carboxylic acids is 6. The molecule has 4 fully saturated rings. The number of carbonyl (C=O) groups is 6. The fourth-order valence-corrected chi connectivity index (χ4v) is 10.1. The van der Waals surface area contributed by atoms with Crippen LogP contribution in [0.3, 0.4) is 0 Å². The maximum absolute atomic E-state index is 15.4. The lowest BCUT2D eigenvalue weighted by Gasteiger charge is -2.67. The first-order valence-electron chi connectivity index (χ1n) is 20.2. The average molecular weight is 820 g/mol. The first-order chi connectivity index (χ1) is 26.8. The Morgan fingerprint density at radius 1 is 0.983 bits per heavy atom. The molecule has 0 aromatic carbocycles. The normalized spacial score (nSPS) is 35.8. The third-order valence-electron chi connectivity index (χ3n) is 13.0. The lowest BCUT2D eigenvalue weighted by Crippen LogP contribution is -2.82. The van der Waals surface area contributed by atoms with Crippen molar-refractivity contribution in [1.29, 1.82) is 0 Å². The molecule has 0 aromatic heterocycles. The number of aliphatic hydroxyl groups is 3. The van der Waals surface area contributed by atoms with Crippen molar-refractivity contribution in [1.82, 2.24) is 5.32 Å². The lowest BCUT2D eigenvalue weighted by atomic mass is 9.44. The number of hydrogen-bond donors (Lipinski definition) is 4. The SMILES string of the molecule is C/C=C/[C@H](NC(=O)OC(C)(C)C)[C@@H](O)C(=O)O[C@H]1C[C@@]2(O)C(OC(=O)C3CCCCC3)C3[C@](C)(C(=O)[C@H](OC(C)=O)C(=C1C)C2(C)C)[C@@H](O)C[C@H]1OC[C@@]31OC(C)=O. The van der Waals surface area contributed by atoms with E-state index in [-0.39, 0.29) is 24.2 Å². The van der Waals surface area contributed by atoms with Crippen molar-refractivity contribution in [3.8, 4) is 0 Å². The summed E-state index contributed by atoms with van der Waals surface area (Å²) in [6, 6.07) is -1.32. The topological polar surface area (TPSA) is 231 Å². The minimum absolute atomic E-state index is 0.0322. The summed E-state index contributed by atoms with van der Waals surface area (Å²) < 4.78 is 35.5. The molecule has 1 aliphatic heterocycles. The predicted octanol–water partition coefficient (Wildman–Crippen LogP) is 3.30. The van der Waals surface area contributed by atoms with Gasteiger partial charge >= 0.3 is 30.0 Å². The van der Waals surface area contributed by atoms with Crippen molar-refractivity contribution >= 4 is 35.8 Å². The van der Waals surface area contributed by atoms with Crippen LogP contribution in [0.2, 0.25) is 0 Å². The monoisotopic (exact) mass is 819 g/mol. The maximum Gasteiger partial charge on any atom is 0.408 e. The van der Waals surface area contributed by atoms with Crippen LogP contribution in [0.15, 0.2) is 23.3 Å². The number of esters is 4. The molecule has 5 aliphatic rings. The van der Waals surface area contributed by atoms with Gasteiger partial charge in [-0.05, 0) is 65.5 Å². The van der Waals surface area contributed by atoms with Crippen molar-refractivity contribution in [2.24, 2.45) is 22.7 Å². The number of fused-ring (bicyclic) bond motifs is 5. The highest BCUT2D eigenvalue weighted by atomic mass is 16.6. The summed E-state index contributed by atoms with van der Waals surface area (Å²) in [7, 11) is 0. The van der Waals surface area contributed by atoms with E-state index in [1.54, 1.807) is 41.5 Å². The highest BCUT2D eigenvalue weighted by molar-refractivity contribution is 5.95. The minimum Gasteiger partial charge on any atom is -0.459 e. The van der Waals surface area contributed by atoms with Gasteiger partial charge in [0.25, 0.3) is 0 Å². The van der Waals surface area contributed by atoms with Crippen LogP contribution in [0.4, 0.5) is 4.79 Å². The second-order valence-electron chi connectivity index (χ2n) is 18.3. The molecule has 58 heavy (non-hydrogen) atoms. The molecule has 1 heterocycles. The molecule has 2 bridgehead atoms. The first-order valence-corrected chi connectivity index (χ1v) is 20.2. The molecule has 1 saturated heterocycles. The summed E-state index contributed by atoms with van der Waals surface area (Å²) in [4.78, 5) is 82.1. The van der Waals surface area contributed by atoms with Crippen molar-refractivity contribution in [2.75, 3.05) is 6.61 Å². The standard InChI is InChI=1S/C42H61NO15/c1-11-15-25(43-37(51)58-38(5,6)7)30(47)36(50)55-26-19-42(52)34(56-35(49)24-16-13-12-14-17-24)32-40(10,27(46)18-28-41(32,20-53-28)57-23(4)45)33(48)31(54-22(3)44)29(21(26)2)39(42,8)9/h11,15,24-28,30-32,34,46-47,52H,12-14,16-20H2,1-10H3,(H,43,51)/b15-11+/t25-,26-,27-,28+,30+,31+,32?,34?,40+,41-,42+/m0/s1. The van der Waals surface area contributed by atoms with E-state index >= 15 is 4.79 Å². The number of aliphatic hydroxyl groups excluding tert-OH is 2. The van der Waals surface area contributed by atoms with Crippen LogP contribution in [-0.2, 0) is 52.4 Å². The van der Waals surface area contributed by atoms with E-state index < -0.39 is 124 Å². The number of alkyl carbamates (subject to hydrolysis) is 1. The molecule has 16 heteroatoms. The first kappa shape index (κ1) is 45.2. The molecule has 5 rings (SSSR count). The van der Waals surface area contributed by atoms with Gasteiger partial charge in [-0.2, -0.15) is 0 Å². The van der Waals surface area contributed by atoms with Crippen LogP contribution in [-0.4, -0.2) is 117 Å². The van der Waals surface area contributed by atoms with Crippen LogP contribution >= 0.6 is 0 Å². The molecule has 2 unspecified atom stereocenters. The molecule has 16 nitrogen and oxygen atoms in total. The summed E-state index contributed by atoms with van der Waals surface area (Å²) in [5.74, 6) is -6.36. The minimum atomic E-state index is -2.31. The number of amides is 1. The van der Waals surface area contributed by atoms with Gasteiger partial charge in [0.15, 0.2) is 23.6 Å². The Morgan fingerprint density at radius 2 is 1.62 bits per heavy atom. The van der Waals surface area contributed by atoms with E-state index in [0.717, 1.165) is 26.2 Å². The van der Waals surface area contributed by atoms with Gasteiger partial charge in [-0.3, -0.25) is 19.2 Å². The zero-order valence-corrected chi connectivity index (χ0v) is 35.2. The van der Waals surface area contributed by atoms with E-state index in [4.69, 9.17) is 28.4 Å². The average Bonchev–Trinajstić information content (AvgIpc) is 3.11. The number of nitrogens with one attached hydrogen (secondary N) is 1. The van der Waals surface area contributed by atoms with E-state index in [1.807, 2.05) is 0 Å². The van der Waals surface area contributed by atoms with Gasteiger partial charge in [-0.15, -0.1) is 0 Å². The molecular weight excluding hydrogens is 758 g/mol. The number of hydrogen-bond acceptors (Lipinski definition) is 15. The summed E-state index contributed by atoms with van der Waals surface area (Å²) in [6.45, 7) is 14.7. The number of ketones is 1. The molecule has 3 saturated carbocycles. The fraction of sp³-hybridized carbons (Fsp3) is 0.762. The summed E-state index contributed by atoms with van der Waals surface area (Å²) in [6.07, 6.45) is -4.69. The van der Waals surface area contributed by atoms with Gasteiger partial charge in [-0.1, -0.05) is 45.3 Å². The zero-order valence-electron chi connectivity index (χ0n) is 35.2. The molecule has 0 spiro atoms. The smallest absolute Gasteiger partial charge is 0.408 e. The van der Waals surface area contributed by atoms with Gasteiger partial charge < -0.3 is 49.1 Å². The Morgan fingerprint density at radius 3 is 2.16 bits per heavy atom. The van der Waals surface area contributed by atoms with Gasteiger partial charge in [-0.25, -0.2) is 9.59 Å². The molecule has 4 N–H and O–H groups in total. The van der Waals surface area contributed by atoms with Crippen LogP contribution in [0, 0.1) is 22.7 Å². The molecule has 4 aliphatic carbocycles. The van der Waals surface area contributed by atoms with E-state index in [9.17, 15) is 39.3 Å². The molecule has 11 atom stereocenters.